The standard InChI is InChI=1S/C21H25NO4/c1-2-12-24-17-8-5-7-16(14-17)21(23)22-19-10-3-4-11-20(19)26-15-18-9-6-13-25-18/h3-5,7-8,10-11,14,18H,2,6,9,12-13,15H2,1H3,(H,22,23). The molecule has 1 fully saturated rings. The van der Waals surface area contributed by atoms with Crippen molar-refractivity contribution >= 4 is 11.6 Å². The van der Waals surface area contributed by atoms with Gasteiger partial charge in [-0.05, 0) is 49.6 Å². The minimum absolute atomic E-state index is 0.131. The fourth-order valence-corrected chi connectivity index (χ4v) is 2.80. The molecule has 26 heavy (non-hydrogen) atoms. The summed E-state index contributed by atoms with van der Waals surface area (Å²) in [6.07, 6.45) is 3.14. The highest BCUT2D eigenvalue weighted by Crippen LogP contribution is 2.26. The van der Waals surface area contributed by atoms with E-state index in [0.717, 1.165) is 25.9 Å². The lowest BCUT2D eigenvalue weighted by Gasteiger charge is -2.15. The minimum atomic E-state index is -0.194. The maximum Gasteiger partial charge on any atom is 0.255 e. The van der Waals surface area contributed by atoms with Crippen molar-refractivity contribution in [1.82, 2.24) is 0 Å². The van der Waals surface area contributed by atoms with E-state index in [1.807, 2.05) is 43.3 Å². The van der Waals surface area contributed by atoms with E-state index < -0.39 is 0 Å². The second kappa shape index (κ2) is 9.25. The van der Waals surface area contributed by atoms with Crippen molar-refractivity contribution in [1.29, 1.82) is 0 Å². The van der Waals surface area contributed by atoms with E-state index in [0.29, 0.717) is 36.0 Å². The fraction of sp³-hybridized carbons (Fsp3) is 0.381. The molecule has 1 atom stereocenters. The zero-order valence-corrected chi connectivity index (χ0v) is 15.1. The molecule has 1 N–H and O–H groups in total. The number of benzene rings is 2. The second-order valence-corrected chi connectivity index (χ2v) is 6.27. The van der Waals surface area contributed by atoms with E-state index in [2.05, 4.69) is 5.32 Å². The Labute approximate surface area is 154 Å². The smallest absolute Gasteiger partial charge is 0.255 e. The number of rotatable bonds is 8. The lowest BCUT2D eigenvalue weighted by molar-refractivity contribution is 0.0682. The van der Waals surface area contributed by atoms with Gasteiger partial charge >= 0.3 is 0 Å². The van der Waals surface area contributed by atoms with E-state index >= 15 is 0 Å². The van der Waals surface area contributed by atoms with Gasteiger partial charge in [0.2, 0.25) is 0 Å². The molecule has 0 radical (unpaired) electrons. The number of amides is 1. The molecular formula is C21H25NO4. The molecule has 3 rings (SSSR count). The molecule has 1 heterocycles. The van der Waals surface area contributed by atoms with Gasteiger partial charge < -0.3 is 19.5 Å². The maximum atomic E-state index is 12.6. The summed E-state index contributed by atoms with van der Waals surface area (Å²) in [5, 5.41) is 2.93. The lowest BCUT2D eigenvalue weighted by atomic mass is 10.2. The average molecular weight is 355 g/mol. The van der Waals surface area contributed by atoms with E-state index in [1.165, 1.54) is 0 Å². The number of carbonyl (C=O) groups is 1. The van der Waals surface area contributed by atoms with Crippen LogP contribution < -0.4 is 14.8 Å². The first-order chi connectivity index (χ1) is 12.8. The van der Waals surface area contributed by atoms with Gasteiger partial charge in [0.1, 0.15) is 18.1 Å². The third kappa shape index (κ3) is 4.99. The summed E-state index contributed by atoms with van der Waals surface area (Å²) < 4.78 is 17.1. The highest BCUT2D eigenvalue weighted by atomic mass is 16.5. The molecular weight excluding hydrogens is 330 g/mol. The van der Waals surface area contributed by atoms with Gasteiger partial charge in [-0.2, -0.15) is 0 Å². The van der Waals surface area contributed by atoms with Gasteiger partial charge in [0.05, 0.1) is 18.4 Å². The van der Waals surface area contributed by atoms with Crippen LogP contribution in [0.3, 0.4) is 0 Å². The summed E-state index contributed by atoms with van der Waals surface area (Å²) >= 11 is 0. The van der Waals surface area contributed by atoms with E-state index in [4.69, 9.17) is 14.2 Å². The predicted octanol–water partition coefficient (Wildman–Crippen LogP) is 4.29. The van der Waals surface area contributed by atoms with Crippen molar-refractivity contribution < 1.29 is 19.0 Å². The number of carbonyl (C=O) groups excluding carboxylic acids is 1. The van der Waals surface area contributed by atoms with Crippen LogP contribution in [0.25, 0.3) is 0 Å². The summed E-state index contributed by atoms with van der Waals surface area (Å²) in [6, 6.07) is 14.6. The van der Waals surface area contributed by atoms with Crippen LogP contribution in [0, 0.1) is 0 Å². The van der Waals surface area contributed by atoms with Gasteiger partial charge in [0.25, 0.3) is 5.91 Å². The van der Waals surface area contributed by atoms with Crippen LogP contribution in [0.1, 0.15) is 36.5 Å². The molecule has 5 heteroatoms. The molecule has 0 bridgehead atoms. The van der Waals surface area contributed by atoms with Gasteiger partial charge in [-0.25, -0.2) is 0 Å². The summed E-state index contributed by atoms with van der Waals surface area (Å²) in [5.41, 5.74) is 1.20. The Balaban J connectivity index is 1.65. The molecule has 1 amide bonds. The third-order valence-corrected chi connectivity index (χ3v) is 4.15. The molecule has 2 aromatic rings. The number of hydrogen-bond acceptors (Lipinski definition) is 4. The van der Waals surface area contributed by atoms with Crippen LogP contribution in [0.15, 0.2) is 48.5 Å². The number of hydrogen-bond donors (Lipinski definition) is 1. The van der Waals surface area contributed by atoms with Gasteiger partial charge in [-0.1, -0.05) is 25.1 Å². The Morgan fingerprint density at radius 2 is 2.08 bits per heavy atom. The molecule has 1 aliphatic heterocycles. The van der Waals surface area contributed by atoms with E-state index in [9.17, 15) is 4.79 Å². The highest BCUT2D eigenvalue weighted by Gasteiger charge is 2.17. The Morgan fingerprint density at radius 1 is 1.19 bits per heavy atom. The monoisotopic (exact) mass is 355 g/mol. The lowest BCUT2D eigenvalue weighted by Crippen LogP contribution is -2.18. The molecule has 1 unspecified atom stereocenters. The fourth-order valence-electron chi connectivity index (χ4n) is 2.80. The molecule has 5 nitrogen and oxygen atoms in total. The predicted molar refractivity (Wildman–Crippen MR) is 101 cm³/mol. The summed E-state index contributed by atoms with van der Waals surface area (Å²) in [6.45, 7) is 3.96. The van der Waals surface area contributed by atoms with Crippen molar-refractivity contribution in [3.05, 3.63) is 54.1 Å². The number of para-hydroxylation sites is 2. The van der Waals surface area contributed by atoms with Crippen LogP contribution in [0.4, 0.5) is 5.69 Å². The van der Waals surface area contributed by atoms with Crippen LogP contribution in [0.5, 0.6) is 11.5 Å². The first-order valence-electron chi connectivity index (χ1n) is 9.14. The molecule has 138 valence electrons. The SMILES string of the molecule is CCCOc1cccc(C(=O)Nc2ccccc2OCC2CCCO2)c1. The summed E-state index contributed by atoms with van der Waals surface area (Å²) in [4.78, 5) is 12.6. The largest absolute Gasteiger partial charge is 0.494 e. The molecule has 1 saturated heterocycles. The van der Waals surface area contributed by atoms with Crippen LogP contribution >= 0.6 is 0 Å². The Bertz CT molecular complexity index is 725. The molecule has 0 aliphatic carbocycles. The quantitative estimate of drug-likeness (QED) is 0.768. The average Bonchev–Trinajstić information content (AvgIpc) is 3.19. The van der Waals surface area contributed by atoms with Crippen LogP contribution in [-0.4, -0.2) is 31.8 Å². The zero-order valence-electron chi connectivity index (χ0n) is 15.1. The van der Waals surface area contributed by atoms with Crippen molar-refractivity contribution in [3.8, 4) is 11.5 Å². The van der Waals surface area contributed by atoms with Crippen molar-refractivity contribution in [3.63, 3.8) is 0 Å². The molecule has 1 aliphatic rings. The Morgan fingerprint density at radius 3 is 2.88 bits per heavy atom. The summed E-state index contributed by atoms with van der Waals surface area (Å²) in [7, 11) is 0. The molecule has 2 aromatic carbocycles. The summed E-state index contributed by atoms with van der Waals surface area (Å²) in [5.74, 6) is 1.15. The molecule has 0 saturated carbocycles. The number of nitrogens with one attached hydrogen (secondary N) is 1. The first kappa shape index (κ1) is 18.3. The maximum absolute atomic E-state index is 12.6. The van der Waals surface area contributed by atoms with E-state index in [1.54, 1.807) is 12.1 Å². The van der Waals surface area contributed by atoms with Crippen molar-refractivity contribution in [2.45, 2.75) is 32.3 Å². The van der Waals surface area contributed by atoms with Crippen LogP contribution in [0.2, 0.25) is 0 Å². The zero-order chi connectivity index (χ0) is 18.2. The van der Waals surface area contributed by atoms with E-state index in [-0.39, 0.29) is 12.0 Å². The first-order valence-corrected chi connectivity index (χ1v) is 9.14. The Hall–Kier alpha value is -2.53. The van der Waals surface area contributed by atoms with Crippen molar-refractivity contribution in [2.75, 3.05) is 25.1 Å². The molecule has 0 aromatic heterocycles. The van der Waals surface area contributed by atoms with Crippen molar-refractivity contribution in [2.24, 2.45) is 0 Å². The highest BCUT2D eigenvalue weighted by molar-refractivity contribution is 6.05. The topological polar surface area (TPSA) is 56.8 Å². The van der Waals surface area contributed by atoms with Crippen LogP contribution in [-0.2, 0) is 4.74 Å². The van der Waals surface area contributed by atoms with Gasteiger partial charge in [0, 0.05) is 12.2 Å². The van der Waals surface area contributed by atoms with Gasteiger partial charge in [-0.3, -0.25) is 4.79 Å². The second-order valence-electron chi connectivity index (χ2n) is 6.27. The normalized spacial score (nSPS) is 16.3. The Kier molecular flexibility index (Phi) is 6.50. The van der Waals surface area contributed by atoms with Gasteiger partial charge in [0.15, 0.2) is 0 Å². The minimum Gasteiger partial charge on any atom is -0.494 e. The third-order valence-electron chi connectivity index (χ3n) is 4.15. The van der Waals surface area contributed by atoms with Gasteiger partial charge in [-0.15, -0.1) is 0 Å². The molecule has 0 spiro atoms. The number of anilines is 1. The number of ether oxygens (including phenoxy) is 3.